The molecule has 0 bridgehead atoms. The zero-order chi connectivity index (χ0) is 12.3. The zero-order valence-corrected chi connectivity index (χ0v) is 10.3. The van der Waals surface area contributed by atoms with E-state index in [1.807, 2.05) is 0 Å². The van der Waals surface area contributed by atoms with E-state index in [1.54, 1.807) is 24.3 Å². The predicted octanol–water partition coefficient (Wildman–Crippen LogP) is 2.75. The van der Waals surface area contributed by atoms with Crippen LogP contribution in [0.4, 0.5) is 5.69 Å². The van der Waals surface area contributed by atoms with Crippen LogP contribution in [0.2, 0.25) is 0 Å². The van der Waals surface area contributed by atoms with Gasteiger partial charge in [0.25, 0.3) is 0 Å². The van der Waals surface area contributed by atoms with Crippen LogP contribution in [-0.4, -0.2) is 16.2 Å². The molecule has 0 fully saturated rings. The third-order valence-corrected chi connectivity index (χ3v) is 2.66. The monoisotopic (exact) mass is 296 g/mol. The highest BCUT2D eigenvalue weighted by Crippen LogP contribution is 2.21. The van der Waals surface area contributed by atoms with Gasteiger partial charge in [0.15, 0.2) is 0 Å². The quantitative estimate of drug-likeness (QED) is 0.907. The molecule has 1 aromatic carbocycles. The van der Waals surface area contributed by atoms with Gasteiger partial charge in [-0.3, -0.25) is 0 Å². The lowest BCUT2D eigenvalue weighted by Gasteiger charge is -2.08. The molecular formula is C11H9BrN2O3. The van der Waals surface area contributed by atoms with Crippen LogP contribution in [0.25, 0.3) is 0 Å². The fourth-order valence-corrected chi connectivity index (χ4v) is 1.72. The van der Waals surface area contributed by atoms with Crippen LogP contribution in [0.1, 0.15) is 16.1 Å². The van der Waals surface area contributed by atoms with Gasteiger partial charge < -0.3 is 14.9 Å². The number of carboxylic acid groups (broad SMARTS) is 1. The number of hydrogen-bond acceptors (Lipinski definition) is 4. The second-order valence-corrected chi connectivity index (χ2v) is 4.26. The topological polar surface area (TPSA) is 75.4 Å². The SMILES string of the molecule is O=C(O)c1cc(Br)ccc1NCc1ccon1. The van der Waals surface area contributed by atoms with Gasteiger partial charge in [0, 0.05) is 16.2 Å². The number of rotatable bonds is 4. The first-order valence-electron chi connectivity index (χ1n) is 4.83. The Morgan fingerprint density at radius 1 is 1.47 bits per heavy atom. The Labute approximate surface area is 106 Å². The average molecular weight is 297 g/mol. The summed E-state index contributed by atoms with van der Waals surface area (Å²) in [5, 5.41) is 15.8. The molecule has 6 heteroatoms. The van der Waals surface area contributed by atoms with Gasteiger partial charge in [0.05, 0.1) is 12.1 Å². The number of carbonyl (C=O) groups is 1. The normalized spacial score (nSPS) is 10.2. The molecule has 0 spiro atoms. The molecule has 88 valence electrons. The third-order valence-electron chi connectivity index (χ3n) is 2.16. The van der Waals surface area contributed by atoms with Crippen LogP contribution in [0, 0.1) is 0 Å². The minimum atomic E-state index is -0.978. The summed E-state index contributed by atoms with van der Waals surface area (Å²) in [5.41, 5.74) is 1.47. The van der Waals surface area contributed by atoms with Crippen molar-refractivity contribution in [2.24, 2.45) is 0 Å². The lowest BCUT2D eigenvalue weighted by Crippen LogP contribution is -2.06. The first kappa shape index (κ1) is 11.7. The number of anilines is 1. The molecule has 0 unspecified atom stereocenters. The highest BCUT2D eigenvalue weighted by atomic mass is 79.9. The summed E-state index contributed by atoms with van der Waals surface area (Å²) in [6.07, 6.45) is 1.47. The molecule has 0 aliphatic rings. The molecule has 0 amide bonds. The summed E-state index contributed by atoms with van der Waals surface area (Å²) in [6, 6.07) is 6.74. The van der Waals surface area contributed by atoms with Crippen LogP contribution in [-0.2, 0) is 6.54 Å². The standard InChI is InChI=1S/C11H9BrN2O3/c12-7-1-2-10(9(5-7)11(15)16)13-6-8-3-4-17-14-8/h1-5,13H,6H2,(H,15,16). The summed E-state index contributed by atoms with van der Waals surface area (Å²) in [7, 11) is 0. The van der Waals surface area contributed by atoms with Gasteiger partial charge in [0.1, 0.15) is 12.0 Å². The molecule has 0 saturated carbocycles. The fraction of sp³-hybridized carbons (Fsp3) is 0.0909. The Morgan fingerprint density at radius 3 is 2.94 bits per heavy atom. The van der Waals surface area contributed by atoms with Gasteiger partial charge >= 0.3 is 5.97 Å². The number of halogens is 1. The minimum Gasteiger partial charge on any atom is -0.478 e. The van der Waals surface area contributed by atoms with Gasteiger partial charge in [-0.2, -0.15) is 0 Å². The van der Waals surface area contributed by atoms with E-state index in [9.17, 15) is 4.79 Å². The van der Waals surface area contributed by atoms with Crippen molar-refractivity contribution in [2.45, 2.75) is 6.54 Å². The maximum Gasteiger partial charge on any atom is 0.337 e. The predicted molar refractivity (Wildman–Crippen MR) is 64.9 cm³/mol. The van der Waals surface area contributed by atoms with Gasteiger partial charge in [-0.1, -0.05) is 21.1 Å². The number of benzene rings is 1. The van der Waals surface area contributed by atoms with Crippen molar-refractivity contribution in [1.29, 1.82) is 0 Å². The molecular weight excluding hydrogens is 288 g/mol. The number of carboxylic acids is 1. The first-order valence-corrected chi connectivity index (χ1v) is 5.62. The number of aromatic carboxylic acids is 1. The Morgan fingerprint density at radius 2 is 2.29 bits per heavy atom. The van der Waals surface area contributed by atoms with E-state index in [0.717, 1.165) is 4.47 Å². The van der Waals surface area contributed by atoms with E-state index in [4.69, 9.17) is 5.11 Å². The molecule has 0 radical (unpaired) electrons. The smallest absolute Gasteiger partial charge is 0.337 e. The van der Waals surface area contributed by atoms with E-state index in [2.05, 4.69) is 30.9 Å². The van der Waals surface area contributed by atoms with Crippen molar-refractivity contribution in [3.8, 4) is 0 Å². The van der Waals surface area contributed by atoms with Crippen molar-refractivity contribution in [1.82, 2.24) is 5.16 Å². The van der Waals surface area contributed by atoms with Crippen LogP contribution >= 0.6 is 15.9 Å². The van der Waals surface area contributed by atoms with Crippen molar-refractivity contribution in [3.63, 3.8) is 0 Å². The second-order valence-electron chi connectivity index (χ2n) is 3.34. The molecule has 0 atom stereocenters. The summed E-state index contributed by atoms with van der Waals surface area (Å²) in [6.45, 7) is 0.415. The summed E-state index contributed by atoms with van der Waals surface area (Å²) in [5.74, 6) is -0.978. The van der Waals surface area contributed by atoms with E-state index in [0.29, 0.717) is 17.9 Å². The van der Waals surface area contributed by atoms with E-state index < -0.39 is 5.97 Å². The minimum absolute atomic E-state index is 0.211. The van der Waals surface area contributed by atoms with Crippen LogP contribution < -0.4 is 5.32 Å². The van der Waals surface area contributed by atoms with Gasteiger partial charge in [-0.05, 0) is 18.2 Å². The molecule has 2 aromatic rings. The zero-order valence-electron chi connectivity index (χ0n) is 8.68. The number of nitrogens with one attached hydrogen (secondary N) is 1. The average Bonchev–Trinajstić information content (AvgIpc) is 2.80. The number of aromatic nitrogens is 1. The van der Waals surface area contributed by atoms with E-state index in [1.165, 1.54) is 6.26 Å². The molecule has 1 aromatic heterocycles. The maximum absolute atomic E-state index is 11.0. The van der Waals surface area contributed by atoms with Crippen LogP contribution in [0.5, 0.6) is 0 Å². The summed E-state index contributed by atoms with van der Waals surface area (Å²) in [4.78, 5) is 11.0. The largest absolute Gasteiger partial charge is 0.478 e. The Hall–Kier alpha value is -1.82. The fourth-order valence-electron chi connectivity index (χ4n) is 1.36. The second kappa shape index (κ2) is 5.01. The Kier molecular flexibility index (Phi) is 3.43. The molecule has 5 nitrogen and oxygen atoms in total. The summed E-state index contributed by atoms with van der Waals surface area (Å²) < 4.78 is 5.41. The van der Waals surface area contributed by atoms with Crippen LogP contribution in [0.15, 0.2) is 39.5 Å². The van der Waals surface area contributed by atoms with Gasteiger partial charge in [0.2, 0.25) is 0 Å². The molecule has 0 saturated heterocycles. The highest BCUT2D eigenvalue weighted by Gasteiger charge is 2.10. The van der Waals surface area contributed by atoms with Crippen molar-refractivity contribution in [2.75, 3.05) is 5.32 Å². The molecule has 0 aliphatic heterocycles. The number of nitrogens with zero attached hydrogens (tertiary/aromatic N) is 1. The third kappa shape index (κ3) is 2.85. The maximum atomic E-state index is 11.0. The lowest BCUT2D eigenvalue weighted by atomic mass is 10.2. The van der Waals surface area contributed by atoms with Gasteiger partial charge in [-0.15, -0.1) is 0 Å². The van der Waals surface area contributed by atoms with Crippen molar-refractivity contribution >= 4 is 27.6 Å². The number of hydrogen-bond donors (Lipinski definition) is 2. The molecule has 1 heterocycles. The van der Waals surface area contributed by atoms with Crippen molar-refractivity contribution in [3.05, 3.63) is 46.3 Å². The first-order chi connectivity index (χ1) is 8.16. The van der Waals surface area contributed by atoms with Crippen LogP contribution in [0.3, 0.4) is 0 Å². The van der Waals surface area contributed by atoms with Gasteiger partial charge in [-0.25, -0.2) is 4.79 Å². The molecule has 2 N–H and O–H groups in total. The van der Waals surface area contributed by atoms with E-state index in [-0.39, 0.29) is 5.56 Å². The summed E-state index contributed by atoms with van der Waals surface area (Å²) >= 11 is 3.24. The lowest BCUT2D eigenvalue weighted by molar-refractivity contribution is 0.0698. The highest BCUT2D eigenvalue weighted by molar-refractivity contribution is 9.10. The molecule has 2 rings (SSSR count). The Balaban J connectivity index is 2.17. The Bertz CT molecular complexity index is 526. The van der Waals surface area contributed by atoms with Crippen molar-refractivity contribution < 1.29 is 14.4 Å². The molecule has 0 aliphatic carbocycles. The molecule has 17 heavy (non-hydrogen) atoms. The van der Waals surface area contributed by atoms with E-state index >= 15 is 0 Å².